The van der Waals surface area contributed by atoms with Crippen molar-refractivity contribution in [1.82, 2.24) is 20.0 Å². The van der Waals surface area contributed by atoms with Crippen LogP contribution in [0.4, 0.5) is 4.39 Å². The molecule has 7 heteroatoms. The van der Waals surface area contributed by atoms with Gasteiger partial charge in [0.1, 0.15) is 5.82 Å². The van der Waals surface area contributed by atoms with E-state index < -0.39 is 0 Å². The molecule has 0 amide bonds. The standard InChI is InChI=1S/C20H20BrFN4O/c21-17-6-3-5-15(12-17)20-24-23-19(27-20)14-26-10-8-25(9-11-26)13-16-4-1-2-7-18(16)22/h1-7,12H,8-11,13-14H2. The van der Waals surface area contributed by atoms with Crippen molar-refractivity contribution in [2.24, 2.45) is 0 Å². The summed E-state index contributed by atoms with van der Waals surface area (Å²) in [6.07, 6.45) is 0. The van der Waals surface area contributed by atoms with Crippen LogP contribution in [0.15, 0.2) is 57.4 Å². The quantitative estimate of drug-likeness (QED) is 0.612. The smallest absolute Gasteiger partial charge is 0.247 e. The Labute approximate surface area is 165 Å². The van der Waals surface area contributed by atoms with Gasteiger partial charge in [0, 0.05) is 48.3 Å². The van der Waals surface area contributed by atoms with Crippen molar-refractivity contribution in [3.05, 3.63) is 70.3 Å². The number of rotatable bonds is 5. The molecule has 1 fully saturated rings. The fourth-order valence-corrected chi connectivity index (χ4v) is 3.62. The molecule has 0 radical (unpaired) electrons. The van der Waals surface area contributed by atoms with E-state index in [-0.39, 0.29) is 5.82 Å². The molecule has 5 nitrogen and oxygen atoms in total. The fourth-order valence-electron chi connectivity index (χ4n) is 3.22. The van der Waals surface area contributed by atoms with Crippen LogP contribution in [0, 0.1) is 5.82 Å². The van der Waals surface area contributed by atoms with Crippen LogP contribution in [0.25, 0.3) is 11.5 Å². The first kappa shape index (κ1) is 18.3. The molecule has 0 saturated carbocycles. The summed E-state index contributed by atoms with van der Waals surface area (Å²) in [5.74, 6) is 1.02. The first-order valence-corrected chi connectivity index (χ1v) is 9.73. The highest BCUT2D eigenvalue weighted by Gasteiger charge is 2.20. The number of nitrogens with zero attached hydrogens (tertiary/aromatic N) is 4. The molecule has 3 aromatic rings. The lowest BCUT2D eigenvalue weighted by Crippen LogP contribution is -2.45. The maximum Gasteiger partial charge on any atom is 0.247 e. The van der Waals surface area contributed by atoms with E-state index in [4.69, 9.17) is 4.42 Å². The molecule has 0 spiro atoms. The van der Waals surface area contributed by atoms with Gasteiger partial charge in [-0.2, -0.15) is 0 Å². The summed E-state index contributed by atoms with van der Waals surface area (Å²) in [5.41, 5.74) is 1.65. The maximum atomic E-state index is 13.8. The second kappa shape index (κ2) is 8.29. The molecule has 4 rings (SSSR count). The zero-order chi connectivity index (χ0) is 18.6. The fraction of sp³-hybridized carbons (Fsp3) is 0.300. The van der Waals surface area contributed by atoms with Gasteiger partial charge < -0.3 is 4.42 Å². The normalized spacial score (nSPS) is 15.9. The van der Waals surface area contributed by atoms with Crippen LogP contribution < -0.4 is 0 Å². The van der Waals surface area contributed by atoms with Gasteiger partial charge in [0.2, 0.25) is 11.8 Å². The van der Waals surface area contributed by atoms with Gasteiger partial charge in [-0.3, -0.25) is 9.80 Å². The van der Waals surface area contributed by atoms with E-state index in [0.29, 0.717) is 24.9 Å². The molecular weight excluding hydrogens is 411 g/mol. The summed E-state index contributed by atoms with van der Waals surface area (Å²) in [7, 11) is 0. The third-order valence-corrected chi connectivity index (χ3v) is 5.21. The highest BCUT2D eigenvalue weighted by Crippen LogP contribution is 2.22. The predicted molar refractivity (Wildman–Crippen MR) is 104 cm³/mol. The number of hydrogen-bond donors (Lipinski definition) is 0. The molecule has 0 bridgehead atoms. The SMILES string of the molecule is Fc1ccccc1CN1CCN(Cc2nnc(-c3cccc(Br)c3)o2)CC1. The van der Waals surface area contributed by atoms with E-state index in [9.17, 15) is 4.39 Å². The number of aromatic nitrogens is 2. The van der Waals surface area contributed by atoms with Crippen LogP contribution in [0.5, 0.6) is 0 Å². The maximum absolute atomic E-state index is 13.8. The Morgan fingerprint density at radius 1 is 0.926 bits per heavy atom. The van der Waals surface area contributed by atoms with E-state index in [1.165, 1.54) is 6.07 Å². The molecule has 1 aliphatic heterocycles. The molecule has 1 saturated heterocycles. The predicted octanol–water partition coefficient (Wildman–Crippen LogP) is 3.96. The highest BCUT2D eigenvalue weighted by atomic mass is 79.9. The van der Waals surface area contributed by atoms with E-state index in [0.717, 1.165) is 41.8 Å². The van der Waals surface area contributed by atoms with Gasteiger partial charge >= 0.3 is 0 Å². The Morgan fingerprint density at radius 3 is 2.41 bits per heavy atom. The lowest BCUT2D eigenvalue weighted by atomic mass is 10.2. The summed E-state index contributed by atoms with van der Waals surface area (Å²) >= 11 is 3.45. The van der Waals surface area contributed by atoms with Crippen molar-refractivity contribution in [3.8, 4) is 11.5 Å². The molecule has 1 aliphatic rings. The lowest BCUT2D eigenvalue weighted by Gasteiger charge is -2.33. The molecule has 0 aliphatic carbocycles. The van der Waals surface area contributed by atoms with E-state index in [1.807, 2.05) is 36.4 Å². The molecule has 2 aromatic carbocycles. The third-order valence-electron chi connectivity index (χ3n) is 4.71. The van der Waals surface area contributed by atoms with Crippen molar-refractivity contribution >= 4 is 15.9 Å². The van der Waals surface area contributed by atoms with Crippen molar-refractivity contribution in [2.45, 2.75) is 13.1 Å². The van der Waals surface area contributed by atoms with Crippen molar-refractivity contribution in [3.63, 3.8) is 0 Å². The lowest BCUT2D eigenvalue weighted by molar-refractivity contribution is 0.114. The van der Waals surface area contributed by atoms with E-state index in [1.54, 1.807) is 6.07 Å². The third kappa shape index (κ3) is 4.61. The van der Waals surface area contributed by atoms with Crippen LogP contribution in [-0.4, -0.2) is 46.2 Å². The van der Waals surface area contributed by atoms with E-state index >= 15 is 0 Å². The first-order valence-electron chi connectivity index (χ1n) is 8.94. The monoisotopic (exact) mass is 430 g/mol. The molecule has 0 unspecified atom stereocenters. The highest BCUT2D eigenvalue weighted by molar-refractivity contribution is 9.10. The average Bonchev–Trinajstić information content (AvgIpc) is 3.14. The summed E-state index contributed by atoms with van der Waals surface area (Å²) in [6, 6.07) is 14.8. The average molecular weight is 431 g/mol. The van der Waals surface area contributed by atoms with Crippen LogP contribution in [0.1, 0.15) is 11.5 Å². The van der Waals surface area contributed by atoms with Gasteiger partial charge in [-0.25, -0.2) is 4.39 Å². The minimum atomic E-state index is -0.133. The van der Waals surface area contributed by atoms with Crippen molar-refractivity contribution in [1.29, 1.82) is 0 Å². The Balaban J connectivity index is 1.31. The second-order valence-corrected chi connectivity index (χ2v) is 7.57. The Morgan fingerprint density at radius 2 is 1.67 bits per heavy atom. The number of benzene rings is 2. The Bertz CT molecular complexity index is 908. The molecule has 2 heterocycles. The second-order valence-electron chi connectivity index (χ2n) is 6.66. The Kier molecular flexibility index (Phi) is 5.61. The molecular formula is C20H20BrFN4O. The number of piperazine rings is 1. The van der Waals surface area contributed by atoms with Gasteiger partial charge in [-0.05, 0) is 24.3 Å². The first-order chi connectivity index (χ1) is 13.2. The topological polar surface area (TPSA) is 45.4 Å². The summed E-state index contributed by atoms with van der Waals surface area (Å²) < 4.78 is 20.6. The molecule has 0 atom stereocenters. The largest absolute Gasteiger partial charge is 0.419 e. The number of hydrogen-bond acceptors (Lipinski definition) is 5. The zero-order valence-electron chi connectivity index (χ0n) is 14.8. The van der Waals surface area contributed by atoms with Gasteiger partial charge in [-0.1, -0.05) is 40.2 Å². The minimum absolute atomic E-state index is 0.133. The molecule has 1 aromatic heterocycles. The van der Waals surface area contributed by atoms with Gasteiger partial charge in [-0.15, -0.1) is 10.2 Å². The number of halogens is 2. The van der Waals surface area contributed by atoms with Crippen LogP contribution in [0.3, 0.4) is 0 Å². The van der Waals surface area contributed by atoms with Gasteiger partial charge in [0.15, 0.2) is 0 Å². The molecule has 0 N–H and O–H groups in total. The van der Waals surface area contributed by atoms with Crippen LogP contribution in [0.2, 0.25) is 0 Å². The molecule has 27 heavy (non-hydrogen) atoms. The van der Waals surface area contributed by atoms with E-state index in [2.05, 4.69) is 35.9 Å². The summed E-state index contributed by atoms with van der Waals surface area (Å²) in [4.78, 5) is 4.56. The Hall–Kier alpha value is -2.09. The minimum Gasteiger partial charge on any atom is -0.419 e. The summed E-state index contributed by atoms with van der Waals surface area (Å²) in [5, 5.41) is 8.34. The van der Waals surface area contributed by atoms with Crippen molar-refractivity contribution < 1.29 is 8.81 Å². The molecule has 140 valence electrons. The zero-order valence-corrected chi connectivity index (χ0v) is 16.4. The summed E-state index contributed by atoms with van der Waals surface area (Å²) in [6.45, 7) is 4.84. The van der Waals surface area contributed by atoms with Crippen molar-refractivity contribution in [2.75, 3.05) is 26.2 Å². The van der Waals surface area contributed by atoms with Crippen LogP contribution >= 0.6 is 15.9 Å². The van der Waals surface area contributed by atoms with Gasteiger partial charge in [0.25, 0.3) is 0 Å². The van der Waals surface area contributed by atoms with Gasteiger partial charge in [0.05, 0.1) is 6.54 Å². The van der Waals surface area contributed by atoms with Crippen LogP contribution in [-0.2, 0) is 13.1 Å².